The highest BCUT2D eigenvalue weighted by atomic mass is 16.5. The normalized spacial score (nSPS) is 14.1. The SMILES string of the molecule is CCN1CCn2c(nn(Cc3cccc(OC)c3)c2=O)C1=O. The minimum atomic E-state index is -0.248. The summed E-state index contributed by atoms with van der Waals surface area (Å²) in [6.07, 6.45) is 0. The maximum atomic E-state index is 12.4. The Balaban J connectivity index is 1.93. The van der Waals surface area contributed by atoms with Crippen LogP contribution in [0.5, 0.6) is 5.75 Å². The molecule has 0 aliphatic carbocycles. The van der Waals surface area contributed by atoms with Crippen LogP contribution in [0, 0.1) is 0 Å². The molecule has 0 saturated carbocycles. The maximum Gasteiger partial charge on any atom is 0.346 e. The van der Waals surface area contributed by atoms with Gasteiger partial charge in [-0.1, -0.05) is 12.1 Å². The van der Waals surface area contributed by atoms with Crippen molar-refractivity contribution in [2.24, 2.45) is 0 Å². The first kappa shape index (κ1) is 14.4. The lowest BCUT2D eigenvalue weighted by Gasteiger charge is -2.24. The van der Waals surface area contributed by atoms with E-state index in [0.29, 0.717) is 26.2 Å². The van der Waals surface area contributed by atoms with Crippen LogP contribution in [0.4, 0.5) is 0 Å². The molecular weight excluding hydrogens is 284 g/mol. The Morgan fingerprint density at radius 3 is 2.82 bits per heavy atom. The molecule has 0 spiro atoms. The van der Waals surface area contributed by atoms with Crippen LogP contribution in [-0.4, -0.2) is 45.4 Å². The number of carbonyl (C=O) groups excluding carboxylic acids is 1. The number of benzene rings is 1. The van der Waals surface area contributed by atoms with Crippen molar-refractivity contribution in [3.05, 3.63) is 46.1 Å². The summed E-state index contributed by atoms with van der Waals surface area (Å²) < 4.78 is 7.96. The van der Waals surface area contributed by atoms with Crippen LogP contribution in [0.3, 0.4) is 0 Å². The Kier molecular flexibility index (Phi) is 3.70. The fraction of sp³-hybridized carbons (Fsp3) is 0.400. The van der Waals surface area contributed by atoms with Crippen molar-refractivity contribution < 1.29 is 9.53 Å². The number of aromatic nitrogens is 3. The van der Waals surface area contributed by atoms with E-state index in [1.54, 1.807) is 12.0 Å². The van der Waals surface area contributed by atoms with Gasteiger partial charge in [0.2, 0.25) is 5.82 Å². The molecule has 0 saturated heterocycles. The number of ether oxygens (including phenoxy) is 1. The minimum absolute atomic E-state index is 0.185. The standard InChI is InChI=1S/C15H18N4O3/c1-3-17-7-8-18-13(14(17)20)16-19(15(18)21)10-11-5-4-6-12(9-11)22-2/h4-6,9H,3,7-8,10H2,1-2H3. The quantitative estimate of drug-likeness (QED) is 0.828. The summed E-state index contributed by atoms with van der Waals surface area (Å²) >= 11 is 0. The first-order valence-electron chi connectivity index (χ1n) is 7.24. The topological polar surface area (TPSA) is 69.4 Å². The molecule has 1 amide bonds. The van der Waals surface area contributed by atoms with Gasteiger partial charge in [-0.2, -0.15) is 0 Å². The van der Waals surface area contributed by atoms with Crippen molar-refractivity contribution in [2.75, 3.05) is 20.2 Å². The van der Waals surface area contributed by atoms with Gasteiger partial charge < -0.3 is 9.64 Å². The fourth-order valence-electron chi connectivity index (χ4n) is 2.61. The Labute approximate surface area is 127 Å². The molecule has 0 unspecified atom stereocenters. The van der Waals surface area contributed by atoms with Crippen LogP contribution < -0.4 is 10.4 Å². The van der Waals surface area contributed by atoms with E-state index < -0.39 is 0 Å². The van der Waals surface area contributed by atoms with Crippen LogP contribution >= 0.6 is 0 Å². The number of amides is 1. The summed E-state index contributed by atoms with van der Waals surface area (Å²) in [7, 11) is 1.60. The second-order valence-electron chi connectivity index (χ2n) is 5.15. The monoisotopic (exact) mass is 302 g/mol. The third-order valence-corrected chi connectivity index (χ3v) is 3.84. The Morgan fingerprint density at radius 1 is 1.27 bits per heavy atom. The zero-order valence-corrected chi connectivity index (χ0v) is 12.7. The predicted octanol–water partition coefficient (Wildman–Crippen LogP) is 0.577. The summed E-state index contributed by atoms with van der Waals surface area (Å²) in [5, 5.41) is 4.22. The third-order valence-electron chi connectivity index (χ3n) is 3.84. The highest BCUT2D eigenvalue weighted by Crippen LogP contribution is 2.13. The summed E-state index contributed by atoms with van der Waals surface area (Å²) in [5.74, 6) is 0.763. The molecular formula is C15H18N4O3. The zero-order chi connectivity index (χ0) is 15.7. The van der Waals surface area contributed by atoms with E-state index in [2.05, 4.69) is 5.10 Å². The van der Waals surface area contributed by atoms with Gasteiger partial charge in [0.25, 0.3) is 5.91 Å². The van der Waals surface area contributed by atoms with Crippen LogP contribution in [0.2, 0.25) is 0 Å². The molecule has 0 radical (unpaired) electrons. The van der Waals surface area contributed by atoms with Gasteiger partial charge in [-0.15, -0.1) is 5.10 Å². The number of rotatable bonds is 4. The fourth-order valence-corrected chi connectivity index (χ4v) is 2.61. The van der Waals surface area contributed by atoms with E-state index in [1.807, 2.05) is 31.2 Å². The van der Waals surface area contributed by atoms with Gasteiger partial charge in [-0.25, -0.2) is 9.48 Å². The summed E-state index contributed by atoms with van der Waals surface area (Å²) in [4.78, 5) is 26.3. The van der Waals surface area contributed by atoms with Gasteiger partial charge in [0.05, 0.1) is 13.7 Å². The lowest BCUT2D eigenvalue weighted by atomic mass is 10.2. The Bertz CT molecular complexity index is 762. The molecule has 7 heteroatoms. The molecule has 1 aromatic carbocycles. The minimum Gasteiger partial charge on any atom is -0.497 e. The molecule has 3 rings (SSSR count). The molecule has 0 fully saturated rings. The first-order chi connectivity index (χ1) is 10.6. The molecule has 2 aromatic rings. The molecule has 1 aromatic heterocycles. The van der Waals surface area contributed by atoms with Gasteiger partial charge in [0, 0.05) is 19.6 Å². The van der Waals surface area contributed by atoms with Crippen molar-refractivity contribution in [1.82, 2.24) is 19.2 Å². The largest absolute Gasteiger partial charge is 0.497 e. The smallest absolute Gasteiger partial charge is 0.346 e. The molecule has 116 valence electrons. The molecule has 2 heterocycles. The van der Waals surface area contributed by atoms with E-state index in [4.69, 9.17) is 4.74 Å². The molecule has 22 heavy (non-hydrogen) atoms. The van der Waals surface area contributed by atoms with Crippen molar-refractivity contribution in [1.29, 1.82) is 0 Å². The number of carbonyl (C=O) groups is 1. The Morgan fingerprint density at radius 2 is 2.09 bits per heavy atom. The van der Waals surface area contributed by atoms with Crippen LogP contribution in [-0.2, 0) is 13.1 Å². The average molecular weight is 302 g/mol. The van der Waals surface area contributed by atoms with E-state index in [9.17, 15) is 9.59 Å². The number of hydrogen-bond donors (Lipinski definition) is 0. The second-order valence-corrected chi connectivity index (χ2v) is 5.15. The number of fused-ring (bicyclic) bond motifs is 1. The molecule has 1 aliphatic heterocycles. The maximum absolute atomic E-state index is 12.4. The van der Waals surface area contributed by atoms with Crippen molar-refractivity contribution in [3.63, 3.8) is 0 Å². The van der Waals surface area contributed by atoms with Crippen LogP contribution in [0.25, 0.3) is 0 Å². The highest BCUT2D eigenvalue weighted by molar-refractivity contribution is 5.91. The van der Waals surface area contributed by atoms with Gasteiger partial charge in [-0.05, 0) is 24.6 Å². The van der Waals surface area contributed by atoms with E-state index in [-0.39, 0.29) is 17.4 Å². The van der Waals surface area contributed by atoms with Gasteiger partial charge in [-0.3, -0.25) is 9.36 Å². The molecule has 0 atom stereocenters. The zero-order valence-electron chi connectivity index (χ0n) is 12.7. The third kappa shape index (κ3) is 2.38. The first-order valence-corrected chi connectivity index (χ1v) is 7.24. The van der Waals surface area contributed by atoms with Gasteiger partial charge >= 0.3 is 5.69 Å². The summed E-state index contributed by atoms with van der Waals surface area (Å²) in [6, 6.07) is 7.45. The second kappa shape index (κ2) is 5.67. The average Bonchev–Trinajstić information content (AvgIpc) is 2.85. The van der Waals surface area contributed by atoms with Crippen LogP contribution in [0.15, 0.2) is 29.1 Å². The number of methoxy groups -OCH3 is 1. The lowest BCUT2D eigenvalue weighted by molar-refractivity contribution is 0.0705. The van der Waals surface area contributed by atoms with Crippen molar-refractivity contribution >= 4 is 5.91 Å². The van der Waals surface area contributed by atoms with Crippen molar-refractivity contribution in [2.45, 2.75) is 20.0 Å². The molecule has 0 N–H and O–H groups in total. The van der Waals surface area contributed by atoms with Crippen LogP contribution in [0.1, 0.15) is 23.1 Å². The van der Waals surface area contributed by atoms with Gasteiger partial charge in [0.15, 0.2) is 0 Å². The predicted molar refractivity (Wildman–Crippen MR) is 80.2 cm³/mol. The highest BCUT2D eigenvalue weighted by Gasteiger charge is 2.28. The van der Waals surface area contributed by atoms with Crippen molar-refractivity contribution in [3.8, 4) is 5.75 Å². The molecule has 1 aliphatic rings. The Hall–Kier alpha value is -2.57. The van der Waals surface area contributed by atoms with Gasteiger partial charge in [0.1, 0.15) is 5.75 Å². The molecule has 0 bridgehead atoms. The molecule has 7 nitrogen and oxygen atoms in total. The van der Waals surface area contributed by atoms with E-state index in [1.165, 1.54) is 9.25 Å². The number of nitrogens with zero attached hydrogens (tertiary/aromatic N) is 4. The summed E-state index contributed by atoms with van der Waals surface area (Å²) in [6.45, 7) is 3.89. The number of likely N-dealkylation sites (N-methyl/N-ethyl adjacent to an activating group) is 1. The number of hydrogen-bond acceptors (Lipinski definition) is 4. The summed E-state index contributed by atoms with van der Waals surface area (Å²) in [5.41, 5.74) is 0.651. The van der Waals surface area contributed by atoms with E-state index >= 15 is 0 Å². The lowest BCUT2D eigenvalue weighted by Crippen LogP contribution is -2.42. The van der Waals surface area contributed by atoms with E-state index in [0.717, 1.165) is 11.3 Å².